The molecule has 0 aliphatic carbocycles. The van der Waals surface area contributed by atoms with Crippen molar-refractivity contribution in [2.24, 2.45) is 0 Å². The van der Waals surface area contributed by atoms with Gasteiger partial charge in [-0.2, -0.15) is 0 Å². The molecule has 2 aromatic carbocycles. The lowest BCUT2D eigenvalue weighted by molar-refractivity contribution is -0.116. The predicted octanol–water partition coefficient (Wildman–Crippen LogP) is 3.75. The van der Waals surface area contributed by atoms with E-state index in [0.717, 1.165) is 18.7 Å². The zero-order valence-corrected chi connectivity index (χ0v) is 11.6. The van der Waals surface area contributed by atoms with Crippen LogP contribution in [0.15, 0.2) is 58.3 Å². The predicted molar refractivity (Wildman–Crippen MR) is 78.7 cm³/mol. The average Bonchev–Trinajstić information content (AvgIpc) is 2.83. The minimum atomic E-state index is 0.126. The van der Waals surface area contributed by atoms with E-state index >= 15 is 0 Å². The number of carbonyl (C=O) groups is 1. The Kier molecular flexibility index (Phi) is 3.30. The van der Waals surface area contributed by atoms with E-state index in [-0.39, 0.29) is 5.91 Å². The molecule has 0 bridgehead atoms. The smallest absolute Gasteiger partial charge is 0.223 e. The first-order chi connectivity index (χ1) is 9.24. The molecule has 2 aromatic rings. The molecule has 1 aliphatic heterocycles. The van der Waals surface area contributed by atoms with Gasteiger partial charge in [0.15, 0.2) is 0 Å². The quantitative estimate of drug-likeness (QED) is 0.827. The van der Waals surface area contributed by atoms with Crippen LogP contribution in [0.25, 0.3) is 0 Å². The van der Waals surface area contributed by atoms with Crippen molar-refractivity contribution in [3.8, 4) is 0 Å². The third-order valence-corrected chi connectivity index (χ3v) is 4.31. The van der Waals surface area contributed by atoms with Gasteiger partial charge in [0.25, 0.3) is 0 Å². The summed E-state index contributed by atoms with van der Waals surface area (Å²) in [4.78, 5) is 15.9. The Morgan fingerprint density at radius 3 is 2.63 bits per heavy atom. The molecule has 1 amide bonds. The molecule has 0 aromatic heterocycles. The maximum Gasteiger partial charge on any atom is 0.223 e. The van der Waals surface area contributed by atoms with Crippen molar-refractivity contribution in [3.05, 3.63) is 54.1 Å². The maximum atomic E-state index is 11.6. The number of carbonyl (C=O) groups excluding carboxylic acids is 1. The fraction of sp³-hybridized carbons (Fsp3) is 0.188. The van der Waals surface area contributed by atoms with Crippen molar-refractivity contribution >= 4 is 23.4 Å². The molecule has 96 valence electrons. The topological polar surface area (TPSA) is 20.3 Å². The minimum Gasteiger partial charge on any atom is -0.312 e. The molecule has 0 atom stereocenters. The van der Waals surface area contributed by atoms with Crippen LogP contribution in [0.2, 0.25) is 0 Å². The van der Waals surface area contributed by atoms with Crippen molar-refractivity contribution in [1.29, 1.82) is 0 Å². The minimum absolute atomic E-state index is 0.126. The van der Waals surface area contributed by atoms with Gasteiger partial charge in [-0.05, 0) is 36.2 Å². The Labute approximate surface area is 117 Å². The van der Waals surface area contributed by atoms with Crippen LogP contribution in [0.4, 0.5) is 5.69 Å². The van der Waals surface area contributed by atoms with E-state index in [1.165, 1.54) is 15.4 Å². The molecule has 0 saturated heterocycles. The number of fused-ring (bicyclic) bond motifs is 1. The third kappa shape index (κ3) is 2.51. The van der Waals surface area contributed by atoms with Gasteiger partial charge in [0, 0.05) is 28.9 Å². The molecular weight excluding hydrogens is 254 g/mol. The van der Waals surface area contributed by atoms with E-state index < -0.39 is 0 Å². The van der Waals surface area contributed by atoms with Gasteiger partial charge in [-0.25, -0.2) is 0 Å². The average molecular weight is 269 g/mol. The number of nitrogens with zero attached hydrogens (tertiary/aromatic N) is 1. The van der Waals surface area contributed by atoms with Gasteiger partial charge < -0.3 is 4.90 Å². The number of rotatable bonds is 2. The number of benzene rings is 2. The van der Waals surface area contributed by atoms with E-state index in [9.17, 15) is 4.79 Å². The Balaban J connectivity index is 1.89. The summed E-state index contributed by atoms with van der Waals surface area (Å²) in [6.45, 7) is 2.44. The molecular formula is C16H15NOS. The van der Waals surface area contributed by atoms with Gasteiger partial charge in [0.2, 0.25) is 5.91 Å². The lowest BCUT2D eigenvalue weighted by Gasteiger charge is -2.15. The highest BCUT2D eigenvalue weighted by Crippen LogP contribution is 2.35. The zero-order chi connectivity index (χ0) is 13.2. The number of hydrogen-bond acceptors (Lipinski definition) is 2. The van der Waals surface area contributed by atoms with Crippen LogP contribution < -0.4 is 4.90 Å². The fourth-order valence-electron chi connectivity index (χ4n) is 2.37. The van der Waals surface area contributed by atoms with Gasteiger partial charge in [0.1, 0.15) is 0 Å². The Hall–Kier alpha value is -1.74. The van der Waals surface area contributed by atoms with Crippen LogP contribution >= 0.6 is 11.8 Å². The van der Waals surface area contributed by atoms with E-state index in [2.05, 4.69) is 30.3 Å². The number of amides is 1. The largest absolute Gasteiger partial charge is 0.312 e. The SMILES string of the molecule is CC(=O)N1CCc2ccc(Sc3ccccc3)cc21. The van der Waals surface area contributed by atoms with Crippen molar-refractivity contribution in [2.45, 2.75) is 23.1 Å². The summed E-state index contributed by atoms with van der Waals surface area (Å²) < 4.78 is 0. The molecule has 2 nitrogen and oxygen atoms in total. The van der Waals surface area contributed by atoms with Gasteiger partial charge in [-0.1, -0.05) is 36.0 Å². The summed E-state index contributed by atoms with van der Waals surface area (Å²) in [5.74, 6) is 0.126. The molecule has 3 heteroatoms. The molecule has 1 aliphatic rings. The van der Waals surface area contributed by atoms with Crippen LogP contribution in [0.5, 0.6) is 0 Å². The second kappa shape index (κ2) is 5.10. The van der Waals surface area contributed by atoms with E-state index in [0.29, 0.717) is 0 Å². The lowest BCUT2D eigenvalue weighted by atomic mass is 10.2. The molecule has 0 unspecified atom stereocenters. The monoisotopic (exact) mass is 269 g/mol. The fourth-order valence-corrected chi connectivity index (χ4v) is 3.25. The normalized spacial score (nSPS) is 13.4. The van der Waals surface area contributed by atoms with Gasteiger partial charge in [-0.3, -0.25) is 4.79 Å². The first-order valence-corrected chi connectivity index (χ1v) is 7.19. The van der Waals surface area contributed by atoms with E-state index in [4.69, 9.17) is 0 Å². The number of hydrogen-bond donors (Lipinski definition) is 0. The van der Waals surface area contributed by atoms with Crippen molar-refractivity contribution in [2.75, 3.05) is 11.4 Å². The Morgan fingerprint density at radius 1 is 1.11 bits per heavy atom. The maximum absolute atomic E-state index is 11.6. The molecule has 3 rings (SSSR count). The summed E-state index contributed by atoms with van der Waals surface area (Å²) >= 11 is 1.73. The second-order valence-corrected chi connectivity index (χ2v) is 5.77. The summed E-state index contributed by atoms with van der Waals surface area (Å²) in [5, 5.41) is 0. The van der Waals surface area contributed by atoms with Crippen molar-refractivity contribution < 1.29 is 4.79 Å². The summed E-state index contributed by atoms with van der Waals surface area (Å²) in [6, 6.07) is 16.7. The molecule has 0 fully saturated rings. The second-order valence-electron chi connectivity index (χ2n) is 4.63. The first-order valence-electron chi connectivity index (χ1n) is 6.38. The van der Waals surface area contributed by atoms with Gasteiger partial charge in [-0.15, -0.1) is 0 Å². The molecule has 0 saturated carbocycles. The molecule has 19 heavy (non-hydrogen) atoms. The summed E-state index contributed by atoms with van der Waals surface area (Å²) in [5.41, 5.74) is 2.35. The molecule has 1 heterocycles. The van der Waals surface area contributed by atoms with E-state index in [1.807, 2.05) is 23.1 Å². The van der Waals surface area contributed by atoms with Gasteiger partial charge >= 0.3 is 0 Å². The van der Waals surface area contributed by atoms with Crippen molar-refractivity contribution in [1.82, 2.24) is 0 Å². The third-order valence-electron chi connectivity index (χ3n) is 3.31. The zero-order valence-electron chi connectivity index (χ0n) is 10.8. The highest BCUT2D eigenvalue weighted by Gasteiger charge is 2.22. The van der Waals surface area contributed by atoms with Crippen LogP contribution in [-0.2, 0) is 11.2 Å². The highest BCUT2D eigenvalue weighted by molar-refractivity contribution is 7.99. The number of anilines is 1. The van der Waals surface area contributed by atoms with Crippen LogP contribution in [0, 0.1) is 0 Å². The first kappa shape index (κ1) is 12.3. The lowest BCUT2D eigenvalue weighted by Crippen LogP contribution is -2.25. The Bertz CT molecular complexity index is 609. The van der Waals surface area contributed by atoms with Crippen molar-refractivity contribution in [3.63, 3.8) is 0 Å². The van der Waals surface area contributed by atoms with Crippen LogP contribution in [-0.4, -0.2) is 12.5 Å². The van der Waals surface area contributed by atoms with E-state index in [1.54, 1.807) is 18.7 Å². The molecule has 0 radical (unpaired) electrons. The molecule has 0 N–H and O–H groups in total. The summed E-state index contributed by atoms with van der Waals surface area (Å²) in [6.07, 6.45) is 0.963. The highest BCUT2D eigenvalue weighted by atomic mass is 32.2. The summed E-state index contributed by atoms with van der Waals surface area (Å²) in [7, 11) is 0. The standard InChI is InChI=1S/C16H15NOS/c1-12(18)17-10-9-13-7-8-15(11-16(13)17)19-14-5-3-2-4-6-14/h2-8,11H,9-10H2,1H3. The molecule has 0 spiro atoms. The van der Waals surface area contributed by atoms with Crippen LogP contribution in [0.1, 0.15) is 12.5 Å². The van der Waals surface area contributed by atoms with Crippen LogP contribution in [0.3, 0.4) is 0 Å². The Morgan fingerprint density at radius 2 is 1.89 bits per heavy atom. The van der Waals surface area contributed by atoms with Gasteiger partial charge in [0.05, 0.1) is 0 Å².